The highest BCUT2D eigenvalue weighted by atomic mass is 32.2. The number of nitrogens with two attached hydrogens (primary N) is 1. The van der Waals surface area contributed by atoms with Crippen molar-refractivity contribution in [2.45, 2.75) is 51.0 Å². The molecule has 1 aliphatic heterocycles. The summed E-state index contributed by atoms with van der Waals surface area (Å²) in [5.74, 6) is -2.12. The maximum absolute atomic E-state index is 12.9. The molecule has 1 saturated heterocycles. The van der Waals surface area contributed by atoms with Crippen molar-refractivity contribution in [1.82, 2.24) is 9.62 Å². The van der Waals surface area contributed by atoms with Crippen molar-refractivity contribution >= 4 is 27.9 Å². The van der Waals surface area contributed by atoms with Crippen molar-refractivity contribution in [3.63, 3.8) is 0 Å². The lowest BCUT2D eigenvalue weighted by atomic mass is 10.1. The number of esters is 1. The van der Waals surface area contributed by atoms with Crippen LogP contribution in [0.3, 0.4) is 0 Å². The molecule has 2 rings (SSSR count). The summed E-state index contributed by atoms with van der Waals surface area (Å²) >= 11 is 0. The fraction of sp³-hybridized carbons (Fsp3) is 0.526. The highest BCUT2D eigenvalue weighted by Gasteiger charge is 2.30. The van der Waals surface area contributed by atoms with Crippen LogP contribution in [0, 0.1) is 12.8 Å². The van der Waals surface area contributed by atoms with Crippen LogP contribution in [0.25, 0.3) is 0 Å². The third kappa shape index (κ3) is 5.54. The number of piperidine rings is 1. The molecule has 0 saturated carbocycles. The summed E-state index contributed by atoms with van der Waals surface area (Å²) in [6.45, 7) is 5.81. The number of imide groups is 1. The average molecular weight is 426 g/mol. The Balaban J connectivity index is 2.29. The molecule has 1 aliphatic rings. The zero-order valence-electron chi connectivity index (χ0n) is 16.8. The van der Waals surface area contributed by atoms with E-state index < -0.39 is 40.0 Å². The molecular formula is C19H27N3O6S. The predicted octanol–water partition coefficient (Wildman–Crippen LogP) is 1.55. The number of carbonyl (C=O) groups excluding carboxylic acids is 3. The van der Waals surface area contributed by atoms with Crippen molar-refractivity contribution in [2.75, 3.05) is 13.1 Å². The molecule has 160 valence electrons. The Kier molecular flexibility index (Phi) is 7.37. The first-order valence-corrected chi connectivity index (χ1v) is 10.9. The molecule has 0 unspecified atom stereocenters. The number of rotatable bonds is 6. The molecule has 0 radical (unpaired) electrons. The van der Waals surface area contributed by atoms with E-state index in [0.29, 0.717) is 18.7 Å². The Hall–Kier alpha value is -2.46. The summed E-state index contributed by atoms with van der Waals surface area (Å²) in [5.41, 5.74) is 5.50. The van der Waals surface area contributed by atoms with Gasteiger partial charge in [-0.3, -0.25) is 10.1 Å². The molecule has 1 fully saturated rings. The number of amides is 3. The van der Waals surface area contributed by atoms with Gasteiger partial charge < -0.3 is 10.5 Å². The number of hydrogen-bond donors (Lipinski definition) is 2. The predicted molar refractivity (Wildman–Crippen MR) is 106 cm³/mol. The van der Waals surface area contributed by atoms with Gasteiger partial charge in [0, 0.05) is 13.1 Å². The summed E-state index contributed by atoms with van der Waals surface area (Å²) in [5, 5.41) is 1.89. The number of hydrogen-bond acceptors (Lipinski definition) is 6. The van der Waals surface area contributed by atoms with Crippen molar-refractivity contribution < 1.29 is 27.5 Å². The summed E-state index contributed by atoms with van der Waals surface area (Å²) in [7, 11) is -3.73. The maximum atomic E-state index is 12.9. The summed E-state index contributed by atoms with van der Waals surface area (Å²) < 4.78 is 32.5. The number of ether oxygens (including phenoxy) is 1. The number of aryl methyl sites for hydroxylation is 1. The molecule has 3 N–H and O–H groups in total. The average Bonchev–Trinajstić information content (AvgIpc) is 2.65. The van der Waals surface area contributed by atoms with Gasteiger partial charge in [0.2, 0.25) is 10.0 Å². The molecule has 1 heterocycles. The van der Waals surface area contributed by atoms with Crippen LogP contribution in [0.1, 0.15) is 49.0 Å². The summed E-state index contributed by atoms with van der Waals surface area (Å²) in [6, 6.07) is 3.20. The van der Waals surface area contributed by atoms with Crippen LogP contribution in [-0.4, -0.2) is 49.8 Å². The second-order valence-electron chi connectivity index (χ2n) is 7.36. The first-order chi connectivity index (χ1) is 13.5. The van der Waals surface area contributed by atoms with E-state index in [-0.39, 0.29) is 10.5 Å². The van der Waals surface area contributed by atoms with E-state index in [0.717, 1.165) is 19.3 Å². The monoisotopic (exact) mass is 425 g/mol. The topological polar surface area (TPSA) is 136 Å². The Morgan fingerprint density at radius 1 is 1.14 bits per heavy atom. The van der Waals surface area contributed by atoms with E-state index in [9.17, 15) is 22.8 Å². The highest BCUT2D eigenvalue weighted by molar-refractivity contribution is 7.89. The third-order valence-electron chi connectivity index (χ3n) is 4.73. The quantitative estimate of drug-likeness (QED) is 0.664. The second-order valence-corrected chi connectivity index (χ2v) is 9.30. The lowest BCUT2D eigenvalue weighted by Gasteiger charge is -2.26. The number of primary amides is 1. The number of nitrogens with one attached hydrogen (secondary N) is 1. The molecule has 10 heteroatoms. The van der Waals surface area contributed by atoms with E-state index in [1.165, 1.54) is 22.5 Å². The first-order valence-electron chi connectivity index (χ1n) is 9.46. The van der Waals surface area contributed by atoms with Crippen LogP contribution in [-0.2, 0) is 19.6 Å². The third-order valence-corrected chi connectivity index (χ3v) is 6.62. The maximum Gasteiger partial charge on any atom is 0.339 e. The fourth-order valence-corrected chi connectivity index (χ4v) is 4.64. The molecule has 1 aromatic rings. The van der Waals surface area contributed by atoms with Gasteiger partial charge in [-0.1, -0.05) is 26.3 Å². The minimum Gasteiger partial charge on any atom is -0.448 e. The molecule has 9 nitrogen and oxygen atoms in total. The van der Waals surface area contributed by atoms with E-state index in [4.69, 9.17) is 10.5 Å². The lowest BCUT2D eigenvalue weighted by Crippen LogP contribution is -2.45. The van der Waals surface area contributed by atoms with Gasteiger partial charge in [0.25, 0.3) is 5.91 Å². The largest absolute Gasteiger partial charge is 0.448 e. The SMILES string of the molecule is Cc1ccc(S(=O)(=O)N2CCCCC2)cc1C(=O)O[C@@H](C(=O)NC(N)=O)C(C)C. The molecule has 1 atom stereocenters. The minimum absolute atomic E-state index is 0.000338. The molecule has 0 spiro atoms. The van der Waals surface area contributed by atoms with Gasteiger partial charge in [-0.15, -0.1) is 0 Å². The van der Waals surface area contributed by atoms with Gasteiger partial charge in [0.05, 0.1) is 10.5 Å². The smallest absolute Gasteiger partial charge is 0.339 e. The van der Waals surface area contributed by atoms with E-state index >= 15 is 0 Å². The van der Waals surface area contributed by atoms with Crippen LogP contribution >= 0.6 is 0 Å². The Morgan fingerprint density at radius 2 is 1.76 bits per heavy atom. The van der Waals surface area contributed by atoms with Gasteiger partial charge in [0.15, 0.2) is 6.10 Å². The fourth-order valence-electron chi connectivity index (χ4n) is 3.10. The second kappa shape index (κ2) is 9.36. The number of benzene rings is 1. The van der Waals surface area contributed by atoms with Gasteiger partial charge in [-0.05, 0) is 43.4 Å². The standard InChI is InChI=1S/C19H27N3O6S/c1-12(2)16(17(23)21-19(20)25)28-18(24)15-11-14(8-7-13(15)3)29(26,27)22-9-5-4-6-10-22/h7-8,11-12,16H,4-6,9-10H2,1-3H3,(H3,20,21,23,25)/t16-/m1/s1. The number of sulfonamides is 1. The zero-order valence-corrected chi connectivity index (χ0v) is 17.6. The van der Waals surface area contributed by atoms with Crippen LogP contribution in [0.5, 0.6) is 0 Å². The van der Waals surface area contributed by atoms with Gasteiger partial charge in [-0.25, -0.2) is 18.0 Å². The minimum atomic E-state index is -3.73. The Bertz CT molecular complexity index is 891. The number of urea groups is 1. The zero-order chi connectivity index (χ0) is 21.8. The van der Waals surface area contributed by atoms with E-state index in [2.05, 4.69) is 0 Å². The van der Waals surface area contributed by atoms with Crippen LogP contribution < -0.4 is 11.1 Å². The van der Waals surface area contributed by atoms with Crippen molar-refractivity contribution in [1.29, 1.82) is 0 Å². The number of carbonyl (C=O) groups is 3. The molecular weight excluding hydrogens is 398 g/mol. The molecule has 3 amide bonds. The highest BCUT2D eigenvalue weighted by Crippen LogP contribution is 2.24. The summed E-state index contributed by atoms with van der Waals surface area (Å²) in [4.78, 5) is 35.7. The molecule has 0 bridgehead atoms. The molecule has 1 aromatic carbocycles. The summed E-state index contributed by atoms with van der Waals surface area (Å²) in [6.07, 6.45) is 1.33. The first kappa shape index (κ1) is 22.8. The van der Waals surface area contributed by atoms with E-state index in [1.54, 1.807) is 20.8 Å². The van der Waals surface area contributed by atoms with Gasteiger partial charge >= 0.3 is 12.0 Å². The molecule has 29 heavy (non-hydrogen) atoms. The molecule has 0 aromatic heterocycles. The van der Waals surface area contributed by atoms with Crippen LogP contribution in [0.2, 0.25) is 0 Å². The van der Waals surface area contributed by atoms with Gasteiger partial charge in [0.1, 0.15) is 0 Å². The van der Waals surface area contributed by atoms with Crippen molar-refractivity contribution in [3.8, 4) is 0 Å². The normalized spacial score (nSPS) is 16.3. The number of nitrogens with zero attached hydrogens (tertiary/aromatic N) is 1. The van der Waals surface area contributed by atoms with Crippen molar-refractivity contribution in [3.05, 3.63) is 29.3 Å². The molecule has 0 aliphatic carbocycles. The van der Waals surface area contributed by atoms with Crippen molar-refractivity contribution in [2.24, 2.45) is 11.7 Å². The van der Waals surface area contributed by atoms with Crippen LogP contribution in [0.4, 0.5) is 4.79 Å². The lowest BCUT2D eigenvalue weighted by molar-refractivity contribution is -0.130. The Morgan fingerprint density at radius 3 is 2.31 bits per heavy atom. The van der Waals surface area contributed by atoms with Crippen LogP contribution in [0.15, 0.2) is 23.1 Å². The Labute approximate surface area is 170 Å². The van der Waals surface area contributed by atoms with E-state index in [1.807, 2.05) is 5.32 Å². The van der Waals surface area contributed by atoms with Gasteiger partial charge in [-0.2, -0.15) is 4.31 Å².